The molecule has 0 saturated carbocycles. The zero-order valence-corrected chi connectivity index (χ0v) is 9.23. The van der Waals surface area contributed by atoms with Gasteiger partial charge in [0.2, 0.25) is 0 Å². The van der Waals surface area contributed by atoms with Crippen LogP contribution in [0.15, 0.2) is 36.9 Å². The Bertz CT molecular complexity index is 471. The normalized spacial score (nSPS) is 10.1. The van der Waals surface area contributed by atoms with Crippen molar-refractivity contribution in [2.75, 3.05) is 7.11 Å². The average Bonchev–Trinajstić information content (AvgIpc) is 2.78. The van der Waals surface area contributed by atoms with Crippen LogP contribution in [0.3, 0.4) is 0 Å². The van der Waals surface area contributed by atoms with Gasteiger partial charge in [0.05, 0.1) is 12.8 Å². The standard InChI is InChI=1S/C13H14N2O/c1-3-11-9-12(15-14-11)8-10-4-6-13(16-2)7-5-10/h3-7,9H,1,8H2,2H3,(H,14,15). The quantitative estimate of drug-likeness (QED) is 0.849. The summed E-state index contributed by atoms with van der Waals surface area (Å²) in [6.07, 6.45) is 2.57. The third-order valence-corrected chi connectivity index (χ3v) is 2.41. The predicted octanol–water partition coefficient (Wildman–Crippen LogP) is 2.65. The molecule has 2 rings (SSSR count). The predicted molar refractivity (Wildman–Crippen MR) is 64.5 cm³/mol. The molecule has 0 bridgehead atoms. The van der Waals surface area contributed by atoms with E-state index in [2.05, 4.69) is 16.8 Å². The molecule has 2 aromatic rings. The molecule has 82 valence electrons. The number of aromatic amines is 1. The van der Waals surface area contributed by atoms with Crippen molar-refractivity contribution in [2.45, 2.75) is 6.42 Å². The summed E-state index contributed by atoms with van der Waals surface area (Å²) in [7, 11) is 1.67. The van der Waals surface area contributed by atoms with Gasteiger partial charge >= 0.3 is 0 Å². The minimum Gasteiger partial charge on any atom is -0.497 e. The van der Waals surface area contributed by atoms with E-state index in [4.69, 9.17) is 4.74 Å². The Balaban J connectivity index is 2.10. The Morgan fingerprint density at radius 1 is 1.38 bits per heavy atom. The van der Waals surface area contributed by atoms with Crippen molar-refractivity contribution in [2.24, 2.45) is 0 Å². The molecule has 1 heterocycles. The van der Waals surface area contributed by atoms with Crippen LogP contribution in [-0.2, 0) is 6.42 Å². The molecule has 1 aromatic carbocycles. The van der Waals surface area contributed by atoms with Crippen LogP contribution in [0.1, 0.15) is 17.0 Å². The zero-order chi connectivity index (χ0) is 11.4. The van der Waals surface area contributed by atoms with Gasteiger partial charge in [-0.15, -0.1) is 0 Å². The third-order valence-electron chi connectivity index (χ3n) is 2.41. The van der Waals surface area contributed by atoms with Crippen LogP contribution in [0, 0.1) is 0 Å². The maximum atomic E-state index is 5.11. The molecule has 3 heteroatoms. The van der Waals surface area contributed by atoms with Crippen molar-refractivity contribution in [3.05, 3.63) is 53.9 Å². The lowest BCUT2D eigenvalue weighted by Gasteiger charge is -2.01. The van der Waals surface area contributed by atoms with Crippen LogP contribution in [-0.4, -0.2) is 17.3 Å². The Morgan fingerprint density at radius 3 is 2.69 bits per heavy atom. The number of ether oxygens (including phenoxy) is 1. The summed E-state index contributed by atoms with van der Waals surface area (Å²) in [6, 6.07) is 10.0. The van der Waals surface area contributed by atoms with Gasteiger partial charge in [-0.3, -0.25) is 5.10 Å². The molecule has 3 nitrogen and oxygen atoms in total. The lowest BCUT2D eigenvalue weighted by atomic mass is 10.1. The number of nitrogens with zero attached hydrogens (tertiary/aromatic N) is 1. The second-order valence-corrected chi connectivity index (χ2v) is 3.55. The molecule has 1 N–H and O–H groups in total. The number of aromatic nitrogens is 2. The first-order chi connectivity index (χ1) is 7.81. The average molecular weight is 214 g/mol. The highest BCUT2D eigenvalue weighted by molar-refractivity contribution is 5.42. The van der Waals surface area contributed by atoms with Gasteiger partial charge in [0.1, 0.15) is 5.75 Å². The first kappa shape index (κ1) is 10.5. The summed E-state index contributed by atoms with van der Waals surface area (Å²) in [5.41, 5.74) is 3.18. The fourth-order valence-corrected chi connectivity index (χ4v) is 1.54. The van der Waals surface area contributed by atoms with Crippen LogP contribution >= 0.6 is 0 Å². The van der Waals surface area contributed by atoms with E-state index in [1.54, 1.807) is 13.2 Å². The molecule has 0 aliphatic heterocycles. The van der Waals surface area contributed by atoms with E-state index in [1.807, 2.05) is 30.3 Å². The highest BCUT2D eigenvalue weighted by Gasteiger charge is 2.00. The van der Waals surface area contributed by atoms with Gasteiger partial charge < -0.3 is 4.74 Å². The lowest BCUT2D eigenvalue weighted by Crippen LogP contribution is -1.89. The summed E-state index contributed by atoms with van der Waals surface area (Å²) >= 11 is 0. The molecule has 16 heavy (non-hydrogen) atoms. The molecule has 0 saturated heterocycles. The van der Waals surface area contributed by atoms with Crippen molar-refractivity contribution in [3.8, 4) is 5.75 Å². The number of nitrogens with one attached hydrogen (secondary N) is 1. The van der Waals surface area contributed by atoms with Crippen molar-refractivity contribution < 1.29 is 4.74 Å². The molecule has 0 spiro atoms. The molecule has 0 fully saturated rings. The van der Waals surface area contributed by atoms with E-state index in [0.29, 0.717) is 0 Å². The van der Waals surface area contributed by atoms with Crippen LogP contribution < -0.4 is 4.74 Å². The monoisotopic (exact) mass is 214 g/mol. The molecule has 0 unspecified atom stereocenters. The minimum absolute atomic E-state index is 0.838. The Hall–Kier alpha value is -2.03. The summed E-state index contributed by atoms with van der Waals surface area (Å²) in [5, 5.41) is 7.08. The zero-order valence-electron chi connectivity index (χ0n) is 9.23. The van der Waals surface area contributed by atoms with Crippen molar-refractivity contribution in [3.63, 3.8) is 0 Å². The molecule has 0 aliphatic carbocycles. The molecule has 0 aliphatic rings. The fraction of sp³-hybridized carbons (Fsp3) is 0.154. The second-order valence-electron chi connectivity index (χ2n) is 3.55. The Morgan fingerprint density at radius 2 is 2.12 bits per heavy atom. The van der Waals surface area contributed by atoms with Crippen LogP contribution in [0.25, 0.3) is 6.08 Å². The van der Waals surface area contributed by atoms with E-state index >= 15 is 0 Å². The van der Waals surface area contributed by atoms with Gasteiger partial charge in [0, 0.05) is 12.1 Å². The number of H-pyrrole nitrogens is 1. The summed E-state index contributed by atoms with van der Waals surface area (Å²) in [5.74, 6) is 0.875. The van der Waals surface area contributed by atoms with Gasteiger partial charge in [-0.1, -0.05) is 18.7 Å². The number of benzene rings is 1. The maximum absolute atomic E-state index is 5.11. The van der Waals surface area contributed by atoms with Crippen molar-refractivity contribution >= 4 is 6.08 Å². The third kappa shape index (κ3) is 2.31. The summed E-state index contributed by atoms with van der Waals surface area (Å²) in [4.78, 5) is 0. The van der Waals surface area contributed by atoms with Crippen LogP contribution in [0.2, 0.25) is 0 Å². The fourth-order valence-electron chi connectivity index (χ4n) is 1.54. The molecular weight excluding hydrogens is 200 g/mol. The van der Waals surface area contributed by atoms with E-state index < -0.39 is 0 Å². The number of hydrogen-bond donors (Lipinski definition) is 1. The largest absolute Gasteiger partial charge is 0.497 e. The number of hydrogen-bond acceptors (Lipinski definition) is 2. The molecular formula is C13H14N2O. The van der Waals surface area contributed by atoms with Crippen molar-refractivity contribution in [1.82, 2.24) is 10.2 Å². The van der Waals surface area contributed by atoms with E-state index in [9.17, 15) is 0 Å². The number of methoxy groups -OCH3 is 1. The van der Waals surface area contributed by atoms with Crippen molar-refractivity contribution in [1.29, 1.82) is 0 Å². The van der Waals surface area contributed by atoms with Crippen LogP contribution in [0.5, 0.6) is 5.75 Å². The van der Waals surface area contributed by atoms with Gasteiger partial charge in [0.25, 0.3) is 0 Å². The molecule has 0 amide bonds. The van der Waals surface area contributed by atoms with Crippen LogP contribution in [0.4, 0.5) is 0 Å². The summed E-state index contributed by atoms with van der Waals surface area (Å²) < 4.78 is 5.11. The smallest absolute Gasteiger partial charge is 0.118 e. The van der Waals surface area contributed by atoms with Gasteiger partial charge in [0.15, 0.2) is 0 Å². The lowest BCUT2D eigenvalue weighted by molar-refractivity contribution is 0.414. The van der Waals surface area contributed by atoms with Gasteiger partial charge in [-0.05, 0) is 29.8 Å². The highest BCUT2D eigenvalue weighted by Crippen LogP contribution is 2.14. The van der Waals surface area contributed by atoms with E-state index in [1.165, 1.54) is 5.56 Å². The van der Waals surface area contributed by atoms with Gasteiger partial charge in [-0.2, -0.15) is 5.10 Å². The summed E-state index contributed by atoms with van der Waals surface area (Å²) in [6.45, 7) is 3.67. The van der Waals surface area contributed by atoms with Gasteiger partial charge in [-0.25, -0.2) is 0 Å². The van der Waals surface area contributed by atoms with E-state index in [-0.39, 0.29) is 0 Å². The Kier molecular flexibility index (Phi) is 3.05. The Labute approximate surface area is 94.8 Å². The topological polar surface area (TPSA) is 37.9 Å². The number of rotatable bonds is 4. The first-order valence-electron chi connectivity index (χ1n) is 5.11. The maximum Gasteiger partial charge on any atom is 0.118 e. The molecule has 0 radical (unpaired) electrons. The highest BCUT2D eigenvalue weighted by atomic mass is 16.5. The molecule has 0 atom stereocenters. The first-order valence-corrected chi connectivity index (χ1v) is 5.11. The second kappa shape index (κ2) is 4.66. The SMILES string of the molecule is C=Cc1cc(Cc2ccc(OC)cc2)[nH]n1. The molecule has 1 aromatic heterocycles. The minimum atomic E-state index is 0.838. The van der Waals surface area contributed by atoms with E-state index in [0.717, 1.165) is 23.6 Å².